The van der Waals surface area contributed by atoms with Gasteiger partial charge in [-0.15, -0.1) is 5.10 Å². The second kappa shape index (κ2) is 9.38. The van der Waals surface area contributed by atoms with Gasteiger partial charge in [0, 0.05) is 44.3 Å². The molecule has 1 aliphatic rings. The molecule has 0 saturated carbocycles. The Labute approximate surface area is 202 Å². The summed E-state index contributed by atoms with van der Waals surface area (Å²) in [4.78, 5) is 17.9. The number of aromatic nitrogens is 4. The summed E-state index contributed by atoms with van der Waals surface area (Å²) < 4.78 is 6.17. The van der Waals surface area contributed by atoms with Gasteiger partial charge in [0.1, 0.15) is 0 Å². The molecule has 9 heteroatoms. The molecular weight excluding hydrogens is 456 g/mol. The zero-order valence-electron chi connectivity index (χ0n) is 18.7. The van der Waals surface area contributed by atoms with E-state index in [9.17, 15) is 4.79 Å². The molecule has 0 amide bonds. The Bertz CT molecular complexity index is 1400. The van der Waals surface area contributed by atoms with Gasteiger partial charge in [-0.05, 0) is 48.5 Å². The standard InChI is InChI=1S/C24H27ClN6OS/c1-2-11-29-22(32)20-5-3-4-6-21(20)31-23(29)26-30(24(31)33)17-28-14-12-27(13-15-28)16-18-7-9-19(25)10-8-18/h3-10H,2,11-17H2,1H3. The van der Waals surface area contributed by atoms with E-state index in [1.165, 1.54) is 5.56 Å². The minimum atomic E-state index is -0.0112. The molecule has 4 aromatic rings. The number of rotatable bonds is 6. The molecule has 0 radical (unpaired) electrons. The first-order valence-corrected chi connectivity index (χ1v) is 12.1. The molecule has 2 aromatic carbocycles. The maximum Gasteiger partial charge on any atom is 0.262 e. The van der Waals surface area contributed by atoms with Crippen molar-refractivity contribution in [3.63, 3.8) is 0 Å². The Balaban J connectivity index is 1.38. The lowest BCUT2D eigenvalue weighted by atomic mass is 10.2. The van der Waals surface area contributed by atoms with Crippen LogP contribution in [0.1, 0.15) is 18.9 Å². The van der Waals surface area contributed by atoms with Crippen molar-refractivity contribution in [1.82, 2.24) is 28.5 Å². The summed E-state index contributed by atoms with van der Waals surface area (Å²) in [6.07, 6.45) is 0.850. The molecule has 1 aliphatic heterocycles. The Morgan fingerprint density at radius 2 is 1.70 bits per heavy atom. The smallest absolute Gasteiger partial charge is 0.262 e. The summed E-state index contributed by atoms with van der Waals surface area (Å²) in [6.45, 7) is 8.05. The third-order valence-corrected chi connectivity index (χ3v) is 6.90. The molecule has 33 heavy (non-hydrogen) atoms. The lowest BCUT2D eigenvalue weighted by Gasteiger charge is -2.34. The fraction of sp³-hybridized carbons (Fsp3) is 0.375. The molecule has 1 fully saturated rings. The van der Waals surface area contributed by atoms with Crippen molar-refractivity contribution in [3.8, 4) is 0 Å². The first kappa shape index (κ1) is 22.3. The highest BCUT2D eigenvalue weighted by Crippen LogP contribution is 2.16. The monoisotopic (exact) mass is 482 g/mol. The summed E-state index contributed by atoms with van der Waals surface area (Å²) in [6, 6.07) is 15.7. The summed E-state index contributed by atoms with van der Waals surface area (Å²) in [5.41, 5.74) is 2.08. The quantitative estimate of drug-likeness (QED) is 0.388. The van der Waals surface area contributed by atoms with Crippen molar-refractivity contribution in [2.24, 2.45) is 0 Å². The predicted molar refractivity (Wildman–Crippen MR) is 134 cm³/mol. The highest BCUT2D eigenvalue weighted by Gasteiger charge is 2.20. The minimum absolute atomic E-state index is 0.0112. The van der Waals surface area contributed by atoms with E-state index in [0.717, 1.165) is 49.7 Å². The highest BCUT2D eigenvalue weighted by atomic mass is 35.5. The first-order chi connectivity index (χ1) is 16.0. The number of piperazine rings is 1. The van der Waals surface area contributed by atoms with Gasteiger partial charge in [-0.3, -0.25) is 23.6 Å². The number of hydrogen-bond acceptors (Lipinski definition) is 5. The highest BCUT2D eigenvalue weighted by molar-refractivity contribution is 7.71. The van der Waals surface area contributed by atoms with Crippen LogP contribution < -0.4 is 5.56 Å². The topological polar surface area (TPSA) is 50.7 Å². The Morgan fingerprint density at radius 1 is 1.00 bits per heavy atom. The molecule has 3 heterocycles. The zero-order chi connectivity index (χ0) is 22.9. The van der Waals surface area contributed by atoms with Gasteiger partial charge in [0.05, 0.1) is 17.6 Å². The second-order valence-electron chi connectivity index (χ2n) is 8.55. The van der Waals surface area contributed by atoms with Gasteiger partial charge < -0.3 is 0 Å². The van der Waals surface area contributed by atoms with E-state index in [1.807, 2.05) is 45.5 Å². The van der Waals surface area contributed by atoms with Gasteiger partial charge in [0.25, 0.3) is 5.56 Å². The number of nitrogens with zero attached hydrogens (tertiary/aromatic N) is 6. The van der Waals surface area contributed by atoms with Gasteiger partial charge in [0.15, 0.2) is 0 Å². The fourth-order valence-electron chi connectivity index (χ4n) is 4.51. The van der Waals surface area contributed by atoms with Crippen LogP contribution >= 0.6 is 23.8 Å². The molecule has 172 valence electrons. The summed E-state index contributed by atoms with van der Waals surface area (Å²) in [7, 11) is 0. The Hall–Kier alpha value is -2.52. The van der Waals surface area contributed by atoms with Gasteiger partial charge >= 0.3 is 0 Å². The average Bonchev–Trinajstić information content (AvgIpc) is 3.15. The van der Waals surface area contributed by atoms with Crippen LogP contribution in [0.25, 0.3) is 16.7 Å². The third kappa shape index (κ3) is 4.36. The number of para-hydroxylation sites is 1. The fourth-order valence-corrected chi connectivity index (χ4v) is 4.92. The lowest BCUT2D eigenvalue weighted by Crippen LogP contribution is -2.46. The average molecular weight is 483 g/mol. The van der Waals surface area contributed by atoms with E-state index in [0.29, 0.717) is 29.1 Å². The minimum Gasteiger partial charge on any atom is -0.297 e. The van der Waals surface area contributed by atoms with E-state index < -0.39 is 0 Å². The molecule has 0 unspecified atom stereocenters. The molecule has 5 rings (SSSR count). The molecule has 2 aromatic heterocycles. The van der Waals surface area contributed by atoms with Crippen LogP contribution in [0.15, 0.2) is 53.3 Å². The maximum absolute atomic E-state index is 13.1. The lowest BCUT2D eigenvalue weighted by molar-refractivity contribution is 0.0982. The molecule has 0 spiro atoms. The summed E-state index contributed by atoms with van der Waals surface area (Å²) in [5.74, 6) is 0.618. The number of benzene rings is 2. The summed E-state index contributed by atoms with van der Waals surface area (Å²) in [5, 5.41) is 6.24. The summed E-state index contributed by atoms with van der Waals surface area (Å²) >= 11 is 11.8. The molecule has 0 aliphatic carbocycles. The number of aryl methyl sites for hydroxylation is 1. The normalized spacial score (nSPS) is 15.6. The number of hydrogen-bond donors (Lipinski definition) is 0. The van der Waals surface area contributed by atoms with Crippen molar-refractivity contribution in [2.45, 2.75) is 33.1 Å². The van der Waals surface area contributed by atoms with Crippen LogP contribution in [0.3, 0.4) is 0 Å². The molecule has 1 saturated heterocycles. The predicted octanol–water partition coefficient (Wildman–Crippen LogP) is 4.02. The largest absolute Gasteiger partial charge is 0.297 e. The van der Waals surface area contributed by atoms with Crippen molar-refractivity contribution in [2.75, 3.05) is 26.2 Å². The Kier molecular flexibility index (Phi) is 6.34. The SMILES string of the molecule is CCCn1c(=O)c2ccccc2n2c(=S)n(CN3CCN(Cc4ccc(Cl)cc4)CC3)nc12. The van der Waals surface area contributed by atoms with E-state index in [2.05, 4.69) is 28.9 Å². The van der Waals surface area contributed by atoms with Crippen molar-refractivity contribution < 1.29 is 0 Å². The van der Waals surface area contributed by atoms with E-state index in [4.69, 9.17) is 28.9 Å². The molecule has 7 nitrogen and oxygen atoms in total. The maximum atomic E-state index is 13.1. The van der Waals surface area contributed by atoms with Crippen molar-refractivity contribution in [3.05, 3.63) is 74.2 Å². The Morgan fingerprint density at radius 3 is 2.42 bits per heavy atom. The third-order valence-electron chi connectivity index (χ3n) is 6.25. The molecule has 0 N–H and O–H groups in total. The van der Waals surface area contributed by atoms with Crippen LogP contribution in [0.5, 0.6) is 0 Å². The van der Waals surface area contributed by atoms with Gasteiger partial charge in [0.2, 0.25) is 10.5 Å². The van der Waals surface area contributed by atoms with Crippen LogP contribution in [0.4, 0.5) is 0 Å². The van der Waals surface area contributed by atoms with Crippen molar-refractivity contribution >= 4 is 40.5 Å². The van der Waals surface area contributed by atoms with Crippen LogP contribution in [-0.4, -0.2) is 54.7 Å². The van der Waals surface area contributed by atoms with Crippen LogP contribution in [-0.2, 0) is 19.8 Å². The van der Waals surface area contributed by atoms with Crippen LogP contribution in [0.2, 0.25) is 5.02 Å². The number of halogens is 1. The van der Waals surface area contributed by atoms with E-state index in [-0.39, 0.29) is 5.56 Å². The second-order valence-corrected chi connectivity index (χ2v) is 9.36. The van der Waals surface area contributed by atoms with Gasteiger partial charge in [-0.25, -0.2) is 4.68 Å². The first-order valence-electron chi connectivity index (χ1n) is 11.4. The zero-order valence-corrected chi connectivity index (χ0v) is 20.2. The molecule has 0 atom stereocenters. The molecular formula is C24H27ClN6OS. The molecule has 0 bridgehead atoms. The number of fused-ring (bicyclic) bond motifs is 3. The van der Waals surface area contributed by atoms with E-state index >= 15 is 0 Å². The van der Waals surface area contributed by atoms with Gasteiger partial charge in [-0.1, -0.05) is 42.8 Å². The van der Waals surface area contributed by atoms with Crippen LogP contribution in [0, 0.1) is 4.77 Å². The van der Waals surface area contributed by atoms with E-state index in [1.54, 1.807) is 4.57 Å². The van der Waals surface area contributed by atoms with Crippen molar-refractivity contribution in [1.29, 1.82) is 0 Å². The van der Waals surface area contributed by atoms with Gasteiger partial charge in [-0.2, -0.15) is 0 Å².